The van der Waals surface area contributed by atoms with Crippen molar-refractivity contribution in [3.8, 4) is 0 Å². The third-order valence-corrected chi connectivity index (χ3v) is 1.78. The van der Waals surface area contributed by atoms with Crippen LogP contribution in [0, 0.1) is 0 Å². The fourth-order valence-electron chi connectivity index (χ4n) is 0.886. The second-order valence-corrected chi connectivity index (χ2v) is 2.77. The molecule has 2 heteroatoms. The molecule has 0 amide bonds. The highest BCUT2D eigenvalue weighted by Gasteiger charge is 2.27. The lowest BCUT2D eigenvalue weighted by atomic mass is 10.0. The van der Waals surface area contributed by atoms with Crippen molar-refractivity contribution >= 4 is 5.90 Å². The van der Waals surface area contributed by atoms with Crippen LogP contribution in [0.3, 0.4) is 0 Å². The van der Waals surface area contributed by atoms with Crippen LogP contribution in [0.25, 0.3) is 0 Å². The van der Waals surface area contributed by atoms with Crippen LogP contribution in [0.1, 0.15) is 27.2 Å². The van der Waals surface area contributed by atoms with E-state index >= 15 is 0 Å². The molecule has 1 aliphatic heterocycles. The Kier molecular flexibility index (Phi) is 1.47. The van der Waals surface area contributed by atoms with Crippen molar-refractivity contribution in [2.45, 2.75) is 32.7 Å². The van der Waals surface area contributed by atoms with Crippen molar-refractivity contribution in [1.82, 2.24) is 0 Å². The van der Waals surface area contributed by atoms with E-state index < -0.39 is 0 Å². The van der Waals surface area contributed by atoms with Crippen LogP contribution in [-0.4, -0.2) is 18.0 Å². The molecular weight excluding hydrogens is 114 g/mol. The van der Waals surface area contributed by atoms with E-state index in [2.05, 4.69) is 18.8 Å². The van der Waals surface area contributed by atoms with Crippen LogP contribution in [0.2, 0.25) is 0 Å². The molecule has 0 saturated carbocycles. The van der Waals surface area contributed by atoms with Gasteiger partial charge in [0.05, 0.1) is 5.54 Å². The number of ether oxygens (including phenoxy) is 1. The topological polar surface area (TPSA) is 21.6 Å². The Morgan fingerprint density at radius 2 is 2.44 bits per heavy atom. The molecule has 9 heavy (non-hydrogen) atoms. The summed E-state index contributed by atoms with van der Waals surface area (Å²) in [6.45, 7) is 6.91. The van der Waals surface area contributed by atoms with Gasteiger partial charge in [-0.25, -0.2) is 4.99 Å². The van der Waals surface area contributed by atoms with Crippen LogP contribution >= 0.6 is 0 Å². The van der Waals surface area contributed by atoms with Gasteiger partial charge in [-0.3, -0.25) is 0 Å². The molecule has 1 aliphatic rings. The normalized spacial score (nSPS) is 33.9. The van der Waals surface area contributed by atoms with Gasteiger partial charge in [0.1, 0.15) is 6.61 Å². The van der Waals surface area contributed by atoms with Crippen LogP contribution < -0.4 is 0 Å². The second-order valence-electron chi connectivity index (χ2n) is 2.77. The summed E-state index contributed by atoms with van der Waals surface area (Å²) in [5.74, 6) is 0.833. The highest BCUT2D eigenvalue weighted by Crippen LogP contribution is 2.20. The number of nitrogens with zero attached hydrogens (tertiary/aromatic N) is 1. The number of rotatable bonds is 1. The zero-order valence-corrected chi connectivity index (χ0v) is 6.27. The minimum atomic E-state index is 0.0735. The average Bonchev–Trinajstić information content (AvgIpc) is 2.13. The predicted octanol–water partition coefficient (Wildman–Crippen LogP) is 1.60. The Hall–Kier alpha value is -0.530. The lowest BCUT2D eigenvalue weighted by Gasteiger charge is -2.13. The van der Waals surface area contributed by atoms with E-state index in [4.69, 9.17) is 4.74 Å². The van der Waals surface area contributed by atoms with Crippen molar-refractivity contribution in [1.29, 1.82) is 0 Å². The van der Waals surface area contributed by atoms with Crippen molar-refractivity contribution in [2.75, 3.05) is 6.61 Å². The monoisotopic (exact) mass is 127 g/mol. The minimum Gasteiger partial charge on any atom is -0.479 e. The number of hydrogen-bond donors (Lipinski definition) is 0. The van der Waals surface area contributed by atoms with Gasteiger partial charge in [0, 0.05) is 6.92 Å². The Bertz CT molecular complexity index is 142. The molecule has 1 atom stereocenters. The molecule has 0 aliphatic carbocycles. The molecule has 0 bridgehead atoms. The molecule has 0 spiro atoms. The van der Waals surface area contributed by atoms with Gasteiger partial charge in [-0.15, -0.1) is 0 Å². The molecule has 0 fully saturated rings. The molecule has 0 N–H and O–H groups in total. The Morgan fingerprint density at radius 3 is 2.67 bits per heavy atom. The summed E-state index contributed by atoms with van der Waals surface area (Å²) in [6, 6.07) is 0. The van der Waals surface area contributed by atoms with E-state index in [1.165, 1.54) is 0 Å². The van der Waals surface area contributed by atoms with E-state index in [0.717, 1.165) is 18.9 Å². The van der Waals surface area contributed by atoms with Crippen LogP contribution in [0.5, 0.6) is 0 Å². The van der Waals surface area contributed by atoms with E-state index in [1.807, 2.05) is 6.92 Å². The highest BCUT2D eigenvalue weighted by molar-refractivity contribution is 5.75. The van der Waals surface area contributed by atoms with Gasteiger partial charge in [-0.1, -0.05) is 6.92 Å². The number of aliphatic imine (C=N–C) groups is 1. The number of hydrogen-bond acceptors (Lipinski definition) is 2. The minimum absolute atomic E-state index is 0.0735. The lowest BCUT2D eigenvalue weighted by Crippen LogP contribution is -2.21. The zero-order chi connectivity index (χ0) is 6.91. The van der Waals surface area contributed by atoms with Crippen molar-refractivity contribution in [3.63, 3.8) is 0 Å². The molecule has 52 valence electrons. The largest absolute Gasteiger partial charge is 0.479 e. The highest BCUT2D eigenvalue weighted by atomic mass is 16.5. The first kappa shape index (κ1) is 6.59. The van der Waals surface area contributed by atoms with Gasteiger partial charge in [-0.2, -0.15) is 0 Å². The molecule has 1 heterocycles. The Balaban J connectivity index is 2.64. The molecule has 0 aromatic carbocycles. The SMILES string of the molecule is CCC1(C)COC(C)=N1. The lowest BCUT2D eigenvalue weighted by molar-refractivity contribution is 0.261. The van der Waals surface area contributed by atoms with Gasteiger partial charge in [0.2, 0.25) is 0 Å². The van der Waals surface area contributed by atoms with Crippen molar-refractivity contribution < 1.29 is 4.74 Å². The van der Waals surface area contributed by atoms with E-state index in [9.17, 15) is 0 Å². The van der Waals surface area contributed by atoms with Crippen molar-refractivity contribution in [2.24, 2.45) is 4.99 Å². The average molecular weight is 127 g/mol. The quantitative estimate of drug-likeness (QED) is 0.524. The standard InChI is InChI=1S/C7H13NO/c1-4-7(3)5-9-6(2)8-7/h4-5H2,1-3H3. The van der Waals surface area contributed by atoms with Crippen LogP contribution in [-0.2, 0) is 4.74 Å². The summed E-state index contributed by atoms with van der Waals surface area (Å²) in [5.41, 5.74) is 0.0735. The first-order valence-electron chi connectivity index (χ1n) is 3.35. The summed E-state index contributed by atoms with van der Waals surface area (Å²) >= 11 is 0. The maximum atomic E-state index is 5.21. The van der Waals surface area contributed by atoms with Gasteiger partial charge in [0.25, 0.3) is 0 Å². The van der Waals surface area contributed by atoms with Gasteiger partial charge in [0.15, 0.2) is 5.90 Å². The molecule has 1 unspecified atom stereocenters. The first-order chi connectivity index (χ1) is 4.16. The van der Waals surface area contributed by atoms with E-state index in [1.54, 1.807) is 0 Å². The molecule has 0 aromatic heterocycles. The third-order valence-electron chi connectivity index (χ3n) is 1.78. The fourth-order valence-corrected chi connectivity index (χ4v) is 0.886. The summed E-state index contributed by atoms with van der Waals surface area (Å²) in [6.07, 6.45) is 1.06. The summed E-state index contributed by atoms with van der Waals surface area (Å²) in [7, 11) is 0. The summed E-state index contributed by atoms with van der Waals surface area (Å²) in [4.78, 5) is 4.33. The summed E-state index contributed by atoms with van der Waals surface area (Å²) < 4.78 is 5.21. The molecule has 0 aromatic rings. The second kappa shape index (κ2) is 2.01. The van der Waals surface area contributed by atoms with E-state index in [-0.39, 0.29) is 5.54 Å². The maximum absolute atomic E-state index is 5.21. The molecule has 0 radical (unpaired) electrons. The maximum Gasteiger partial charge on any atom is 0.180 e. The fraction of sp³-hybridized carbons (Fsp3) is 0.857. The van der Waals surface area contributed by atoms with Gasteiger partial charge >= 0.3 is 0 Å². The molecule has 0 saturated heterocycles. The zero-order valence-electron chi connectivity index (χ0n) is 6.27. The molecule has 2 nitrogen and oxygen atoms in total. The van der Waals surface area contributed by atoms with Gasteiger partial charge in [-0.05, 0) is 13.3 Å². The van der Waals surface area contributed by atoms with Crippen LogP contribution in [0.4, 0.5) is 0 Å². The van der Waals surface area contributed by atoms with E-state index in [0.29, 0.717) is 0 Å². The first-order valence-corrected chi connectivity index (χ1v) is 3.35. The Morgan fingerprint density at radius 1 is 1.78 bits per heavy atom. The predicted molar refractivity (Wildman–Crippen MR) is 37.8 cm³/mol. The van der Waals surface area contributed by atoms with Gasteiger partial charge < -0.3 is 4.74 Å². The third kappa shape index (κ3) is 1.23. The Labute approximate surface area is 55.9 Å². The smallest absolute Gasteiger partial charge is 0.180 e. The summed E-state index contributed by atoms with van der Waals surface area (Å²) in [5, 5.41) is 0. The molecule has 1 rings (SSSR count). The molecular formula is C7H13NO. The van der Waals surface area contributed by atoms with Crippen molar-refractivity contribution in [3.05, 3.63) is 0 Å². The van der Waals surface area contributed by atoms with Crippen LogP contribution in [0.15, 0.2) is 4.99 Å².